The van der Waals surface area contributed by atoms with Crippen molar-refractivity contribution < 1.29 is 9.47 Å². The summed E-state index contributed by atoms with van der Waals surface area (Å²) in [5.41, 5.74) is 5.03. The first kappa shape index (κ1) is 23.1. The lowest BCUT2D eigenvalue weighted by Crippen LogP contribution is -2.40. The second kappa shape index (κ2) is 11.7. The van der Waals surface area contributed by atoms with Gasteiger partial charge in [-0.3, -0.25) is 9.89 Å². The van der Waals surface area contributed by atoms with Gasteiger partial charge in [0.15, 0.2) is 5.96 Å². The quantitative estimate of drug-likeness (QED) is 0.504. The zero-order valence-corrected chi connectivity index (χ0v) is 19.3. The van der Waals surface area contributed by atoms with Crippen LogP contribution in [0.1, 0.15) is 29.2 Å². The topological polar surface area (TPSA) is 58.1 Å². The summed E-state index contributed by atoms with van der Waals surface area (Å²) < 4.78 is 11.1. The molecule has 1 heterocycles. The molecule has 0 bridgehead atoms. The third-order valence-electron chi connectivity index (χ3n) is 5.53. The molecule has 0 radical (unpaired) electrons. The van der Waals surface area contributed by atoms with E-state index in [0.717, 1.165) is 57.5 Å². The summed E-state index contributed by atoms with van der Waals surface area (Å²) in [5.74, 6) is 1.74. The number of hydrogen-bond acceptors (Lipinski definition) is 4. The lowest BCUT2D eigenvalue weighted by atomic mass is 10.1. The molecule has 31 heavy (non-hydrogen) atoms. The molecule has 168 valence electrons. The van der Waals surface area contributed by atoms with E-state index in [1.165, 1.54) is 22.3 Å². The van der Waals surface area contributed by atoms with Crippen molar-refractivity contribution in [1.82, 2.24) is 15.5 Å². The van der Waals surface area contributed by atoms with Crippen molar-refractivity contribution in [2.75, 3.05) is 40.4 Å². The highest BCUT2D eigenvalue weighted by Gasteiger charge is 2.16. The number of morpholine rings is 1. The maximum atomic E-state index is 5.65. The number of aliphatic imine (C=N–C) groups is 1. The molecular formula is C25H36N4O2. The standard InChI is InChI=1S/C25H36N4O2/c1-19-8-9-24(30-4)23(14-19)10-11-27-25(26-3)28-16-21-6-5-7-22(15-21)18-29-12-13-31-20(2)17-29/h5-9,14-15,20H,10-13,16-18H2,1-4H3,(H2,26,27,28). The number of nitrogens with one attached hydrogen (secondary N) is 2. The summed E-state index contributed by atoms with van der Waals surface area (Å²) in [7, 11) is 3.52. The predicted molar refractivity (Wildman–Crippen MR) is 127 cm³/mol. The van der Waals surface area contributed by atoms with Crippen LogP contribution >= 0.6 is 0 Å². The van der Waals surface area contributed by atoms with Gasteiger partial charge in [-0.15, -0.1) is 0 Å². The molecule has 2 aromatic rings. The Bertz CT molecular complexity index is 868. The summed E-state index contributed by atoms with van der Waals surface area (Å²) in [6.07, 6.45) is 1.19. The van der Waals surface area contributed by atoms with E-state index in [-0.39, 0.29) is 0 Å². The lowest BCUT2D eigenvalue weighted by Gasteiger charge is -2.31. The monoisotopic (exact) mass is 424 g/mol. The van der Waals surface area contributed by atoms with Crippen molar-refractivity contribution >= 4 is 5.96 Å². The average molecular weight is 425 g/mol. The molecule has 6 nitrogen and oxygen atoms in total. The zero-order chi connectivity index (χ0) is 22.1. The molecule has 6 heteroatoms. The minimum Gasteiger partial charge on any atom is -0.496 e. The Morgan fingerprint density at radius 2 is 2.03 bits per heavy atom. The number of ether oxygens (including phenoxy) is 2. The van der Waals surface area contributed by atoms with Crippen LogP contribution in [0.2, 0.25) is 0 Å². The highest BCUT2D eigenvalue weighted by molar-refractivity contribution is 5.79. The van der Waals surface area contributed by atoms with Gasteiger partial charge in [0.25, 0.3) is 0 Å². The number of nitrogens with zero attached hydrogens (tertiary/aromatic N) is 2. The summed E-state index contributed by atoms with van der Waals surface area (Å²) in [4.78, 5) is 6.82. The van der Waals surface area contributed by atoms with Crippen LogP contribution < -0.4 is 15.4 Å². The predicted octanol–water partition coefficient (Wildman–Crippen LogP) is 3.13. The summed E-state index contributed by atoms with van der Waals surface area (Å²) in [6, 6.07) is 15.0. The molecule has 1 atom stereocenters. The number of hydrogen-bond donors (Lipinski definition) is 2. The third kappa shape index (κ3) is 7.26. The van der Waals surface area contributed by atoms with Crippen LogP contribution in [0.3, 0.4) is 0 Å². The van der Waals surface area contributed by atoms with Crippen LogP contribution in [0.4, 0.5) is 0 Å². The SMILES string of the molecule is CN=C(NCCc1cc(C)ccc1OC)NCc1cccc(CN2CCOC(C)C2)c1. The van der Waals surface area contributed by atoms with Crippen LogP contribution in [0, 0.1) is 6.92 Å². The van der Waals surface area contributed by atoms with Gasteiger partial charge in [0.2, 0.25) is 0 Å². The summed E-state index contributed by atoms with van der Waals surface area (Å²) in [6.45, 7) is 9.53. The van der Waals surface area contributed by atoms with Gasteiger partial charge in [-0.05, 0) is 43.0 Å². The van der Waals surface area contributed by atoms with Crippen molar-refractivity contribution in [3.63, 3.8) is 0 Å². The Morgan fingerprint density at radius 3 is 2.81 bits per heavy atom. The summed E-state index contributed by atoms with van der Waals surface area (Å²) >= 11 is 0. The molecule has 3 rings (SSSR count). The van der Waals surface area contributed by atoms with Gasteiger partial charge in [-0.25, -0.2) is 0 Å². The second-order valence-electron chi connectivity index (χ2n) is 8.15. The van der Waals surface area contributed by atoms with Gasteiger partial charge >= 0.3 is 0 Å². The molecule has 1 unspecified atom stereocenters. The van der Waals surface area contributed by atoms with E-state index >= 15 is 0 Å². The van der Waals surface area contributed by atoms with Gasteiger partial charge in [0.1, 0.15) is 5.75 Å². The molecular weight excluding hydrogens is 388 g/mol. The minimum absolute atomic E-state index is 0.313. The van der Waals surface area contributed by atoms with Gasteiger partial charge in [0, 0.05) is 39.8 Å². The number of methoxy groups -OCH3 is 1. The minimum atomic E-state index is 0.313. The zero-order valence-electron chi connectivity index (χ0n) is 19.3. The first-order chi connectivity index (χ1) is 15.1. The van der Waals surface area contributed by atoms with Gasteiger partial charge in [0.05, 0.1) is 19.8 Å². The van der Waals surface area contributed by atoms with Gasteiger partial charge in [-0.2, -0.15) is 0 Å². The van der Waals surface area contributed by atoms with Crippen LogP contribution in [0.15, 0.2) is 47.5 Å². The molecule has 2 aromatic carbocycles. The maximum Gasteiger partial charge on any atom is 0.191 e. The van der Waals surface area contributed by atoms with E-state index in [2.05, 4.69) is 70.8 Å². The molecule has 0 aromatic heterocycles. The molecule has 1 aliphatic rings. The van der Waals surface area contributed by atoms with Crippen LogP contribution in [-0.4, -0.2) is 57.4 Å². The molecule has 2 N–H and O–H groups in total. The molecule has 1 fully saturated rings. The number of rotatable bonds is 8. The molecule has 0 amide bonds. The number of aryl methyl sites for hydroxylation is 1. The lowest BCUT2D eigenvalue weighted by molar-refractivity contribution is -0.0212. The fourth-order valence-electron chi connectivity index (χ4n) is 3.96. The fourth-order valence-corrected chi connectivity index (χ4v) is 3.96. The summed E-state index contributed by atoms with van der Waals surface area (Å²) in [5, 5.41) is 6.83. The highest BCUT2D eigenvalue weighted by Crippen LogP contribution is 2.19. The molecule has 0 spiro atoms. The Morgan fingerprint density at radius 1 is 1.19 bits per heavy atom. The average Bonchev–Trinajstić information content (AvgIpc) is 2.76. The molecule has 1 aliphatic heterocycles. The number of guanidine groups is 1. The Labute approximate surface area is 186 Å². The highest BCUT2D eigenvalue weighted by atomic mass is 16.5. The van der Waals surface area contributed by atoms with Gasteiger partial charge < -0.3 is 20.1 Å². The Kier molecular flexibility index (Phi) is 8.74. The van der Waals surface area contributed by atoms with Crippen molar-refractivity contribution in [2.24, 2.45) is 4.99 Å². The second-order valence-corrected chi connectivity index (χ2v) is 8.15. The van der Waals surface area contributed by atoms with E-state index in [0.29, 0.717) is 6.10 Å². The smallest absolute Gasteiger partial charge is 0.191 e. The molecule has 0 saturated carbocycles. The van der Waals surface area contributed by atoms with Crippen LogP contribution in [-0.2, 0) is 24.2 Å². The van der Waals surface area contributed by atoms with E-state index in [1.807, 2.05) is 6.07 Å². The number of benzene rings is 2. The van der Waals surface area contributed by atoms with E-state index in [1.54, 1.807) is 14.2 Å². The van der Waals surface area contributed by atoms with Crippen molar-refractivity contribution in [3.8, 4) is 5.75 Å². The Hall–Kier alpha value is -2.57. The van der Waals surface area contributed by atoms with Crippen molar-refractivity contribution in [3.05, 3.63) is 64.7 Å². The third-order valence-corrected chi connectivity index (χ3v) is 5.53. The molecule has 0 aliphatic carbocycles. The normalized spacial score (nSPS) is 17.4. The van der Waals surface area contributed by atoms with Crippen molar-refractivity contribution in [2.45, 2.75) is 39.5 Å². The fraction of sp³-hybridized carbons (Fsp3) is 0.480. The Balaban J connectivity index is 1.48. The van der Waals surface area contributed by atoms with E-state index < -0.39 is 0 Å². The maximum absolute atomic E-state index is 5.65. The van der Waals surface area contributed by atoms with Crippen LogP contribution in [0.25, 0.3) is 0 Å². The first-order valence-corrected chi connectivity index (χ1v) is 11.1. The largest absolute Gasteiger partial charge is 0.496 e. The van der Waals surface area contributed by atoms with E-state index in [4.69, 9.17) is 9.47 Å². The van der Waals surface area contributed by atoms with Crippen molar-refractivity contribution in [1.29, 1.82) is 0 Å². The molecule has 1 saturated heterocycles. The first-order valence-electron chi connectivity index (χ1n) is 11.1. The van der Waals surface area contributed by atoms with Gasteiger partial charge in [-0.1, -0.05) is 42.0 Å². The van der Waals surface area contributed by atoms with E-state index in [9.17, 15) is 0 Å². The van der Waals surface area contributed by atoms with Crippen LogP contribution in [0.5, 0.6) is 5.75 Å².